The normalized spacial score (nSPS) is 14.5. The van der Waals surface area contributed by atoms with E-state index < -0.39 is 28.5 Å². The number of nitrogens with one attached hydrogen (secondary N) is 1. The van der Waals surface area contributed by atoms with Crippen molar-refractivity contribution in [3.05, 3.63) is 83.4 Å². The van der Waals surface area contributed by atoms with E-state index >= 15 is 0 Å². The lowest BCUT2D eigenvalue weighted by molar-refractivity contribution is -0.139. The number of benzene rings is 3. The maximum atomic E-state index is 14.2. The largest absolute Gasteiger partial charge is 0.494 e. The first-order chi connectivity index (χ1) is 21.1. The maximum Gasteiger partial charge on any atom is 0.264 e. The van der Waals surface area contributed by atoms with Crippen LogP contribution in [0.2, 0.25) is 5.02 Å². The van der Waals surface area contributed by atoms with Crippen LogP contribution in [0.5, 0.6) is 5.75 Å². The third kappa shape index (κ3) is 8.70. The van der Waals surface area contributed by atoms with Crippen LogP contribution < -0.4 is 14.4 Å². The molecule has 3 aromatic carbocycles. The highest BCUT2D eigenvalue weighted by Crippen LogP contribution is 2.28. The third-order valence-corrected chi connectivity index (χ3v) is 10.5. The standard InChI is InChI=1S/C33H40ClN3O5S2/c1-4-42-29-16-14-28(15-17-29)37(44(40,41)31-20-18-30(43-3)19-21-31)23-32(38)36(22-25-10-12-26(34)13-11-25)24(2)33(39)35-27-8-6-5-7-9-27/h10-21,24,27H,4-9,22-23H2,1-3H3,(H,35,39). The minimum atomic E-state index is -4.16. The lowest BCUT2D eigenvalue weighted by atomic mass is 9.95. The molecule has 4 rings (SSSR count). The zero-order valence-electron chi connectivity index (χ0n) is 25.4. The Morgan fingerprint density at radius 3 is 2.20 bits per heavy atom. The Morgan fingerprint density at radius 2 is 1.61 bits per heavy atom. The first-order valence-corrected chi connectivity index (χ1v) is 17.9. The number of ether oxygens (including phenoxy) is 1. The molecule has 0 heterocycles. The van der Waals surface area contributed by atoms with Gasteiger partial charge >= 0.3 is 0 Å². The minimum absolute atomic E-state index is 0.0596. The number of anilines is 1. The van der Waals surface area contributed by atoms with Crippen molar-refractivity contribution in [2.75, 3.05) is 23.7 Å². The van der Waals surface area contributed by atoms with Gasteiger partial charge in [0.15, 0.2) is 0 Å². The summed E-state index contributed by atoms with van der Waals surface area (Å²) in [5, 5.41) is 3.67. The van der Waals surface area contributed by atoms with E-state index in [1.165, 1.54) is 16.7 Å². The summed E-state index contributed by atoms with van der Waals surface area (Å²) in [5.41, 5.74) is 1.07. The monoisotopic (exact) mass is 657 g/mol. The van der Waals surface area contributed by atoms with Crippen LogP contribution in [0.4, 0.5) is 5.69 Å². The number of amides is 2. The second kappa shape index (κ2) is 15.7. The van der Waals surface area contributed by atoms with Gasteiger partial charge in [0.05, 0.1) is 17.2 Å². The number of hydrogen-bond donors (Lipinski definition) is 1. The van der Waals surface area contributed by atoms with Gasteiger partial charge in [-0.1, -0.05) is 43.0 Å². The fourth-order valence-electron chi connectivity index (χ4n) is 5.22. The van der Waals surface area contributed by atoms with E-state index in [0.717, 1.165) is 46.9 Å². The Kier molecular flexibility index (Phi) is 12.0. The van der Waals surface area contributed by atoms with Crippen LogP contribution in [0.1, 0.15) is 51.5 Å². The summed E-state index contributed by atoms with van der Waals surface area (Å²) in [6.45, 7) is 3.61. The predicted octanol–water partition coefficient (Wildman–Crippen LogP) is 6.52. The summed E-state index contributed by atoms with van der Waals surface area (Å²) in [6.07, 6.45) is 6.98. The molecule has 11 heteroatoms. The van der Waals surface area contributed by atoms with Gasteiger partial charge in [-0.3, -0.25) is 13.9 Å². The van der Waals surface area contributed by atoms with Crippen molar-refractivity contribution in [1.82, 2.24) is 10.2 Å². The number of nitrogens with zero attached hydrogens (tertiary/aromatic N) is 2. The van der Waals surface area contributed by atoms with E-state index in [1.54, 1.807) is 79.7 Å². The molecule has 2 amide bonds. The summed E-state index contributed by atoms with van der Waals surface area (Å²) in [7, 11) is -4.16. The summed E-state index contributed by atoms with van der Waals surface area (Å²) in [4.78, 5) is 30.0. The molecule has 3 aromatic rings. The lowest BCUT2D eigenvalue weighted by Crippen LogP contribution is -2.53. The van der Waals surface area contributed by atoms with Crippen molar-refractivity contribution in [2.24, 2.45) is 0 Å². The number of carbonyl (C=O) groups excluding carboxylic acids is 2. The van der Waals surface area contributed by atoms with E-state index in [-0.39, 0.29) is 23.4 Å². The Morgan fingerprint density at radius 1 is 0.977 bits per heavy atom. The van der Waals surface area contributed by atoms with Gasteiger partial charge < -0.3 is 15.0 Å². The Balaban J connectivity index is 1.68. The fourth-order valence-corrected chi connectivity index (χ4v) is 7.17. The first-order valence-electron chi connectivity index (χ1n) is 14.9. The SMILES string of the molecule is CCOc1ccc(N(CC(=O)N(Cc2ccc(Cl)cc2)C(C)C(=O)NC2CCCCC2)S(=O)(=O)c2ccc(SC)cc2)cc1. The molecule has 1 aliphatic carbocycles. The van der Waals surface area contributed by atoms with Gasteiger partial charge in [-0.15, -0.1) is 11.8 Å². The Hall–Kier alpha value is -3.21. The van der Waals surface area contributed by atoms with Crippen LogP contribution in [0.3, 0.4) is 0 Å². The molecule has 0 radical (unpaired) electrons. The molecule has 236 valence electrons. The second-order valence-corrected chi connectivity index (χ2v) is 14.0. The van der Waals surface area contributed by atoms with Crippen LogP contribution in [0.25, 0.3) is 0 Å². The molecule has 0 spiro atoms. The molecule has 0 aliphatic heterocycles. The molecule has 1 atom stereocenters. The number of hydrogen-bond acceptors (Lipinski definition) is 6. The van der Waals surface area contributed by atoms with Crippen LogP contribution in [-0.4, -0.2) is 56.6 Å². The van der Waals surface area contributed by atoms with Crippen LogP contribution in [0, 0.1) is 0 Å². The summed E-state index contributed by atoms with van der Waals surface area (Å²) >= 11 is 7.60. The van der Waals surface area contributed by atoms with Gasteiger partial charge in [0.25, 0.3) is 10.0 Å². The predicted molar refractivity (Wildman–Crippen MR) is 177 cm³/mol. The van der Waals surface area contributed by atoms with Gasteiger partial charge in [0, 0.05) is 22.5 Å². The highest BCUT2D eigenvalue weighted by atomic mass is 35.5. The number of carbonyl (C=O) groups is 2. The van der Waals surface area contributed by atoms with E-state index in [0.29, 0.717) is 23.1 Å². The van der Waals surface area contributed by atoms with E-state index in [1.807, 2.05) is 13.2 Å². The lowest BCUT2D eigenvalue weighted by Gasteiger charge is -2.33. The zero-order chi connectivity index (χ0) is 31.7. The molecule has 1 aliphatic rings. The van der Waals surface area contributed by atoms with E-state index in [2.05, 4.69) is 5.32 Å². The van der Waals surface area contributed by atoms with Crippen molar-refractivity contribution in [3.8, 4) is 5.75 Å². The number of sulfonamides is 1. The average Bonchev–Trinajstić information content (AvgIpc) is 3.04. The molecule has 1 unspecified atom stereocenters. The smallest absolute Gasteiger partial charge is 0.264 e. The summed E-state index contributed by atoms with van der Waals surface area (Å²) in [6, 6.07) is 19.4. The van der Waals surface area contributed by atoms with Crippen LogP contribution >= 0.6 is 23.4 Å². The van der Waals surface area contributed by atoms with Crippen molar-refractivity contribution in [1.29, 1.82) is 0 Å². The molecule has 8 nitrogen and oxygen atoms in total. The van der Waals surface area contributed by atoms with Gasteiger partial charge in [-0.05, 0) is 99.2 Å². The van der Waals surface area contributed by atoms with Gasteiger partial charge in [0.2, 0.25) is 11.8 Å². The number of halogens is 1. The summed E-state index contributed by atoms with van der Waals surface area (Å²) < 4.78 is 34.8. The molecule has 1 fully saturated rings. The van der Waals surface area contributed by atoms with E-state index in [4.69, 9.17) is 16.3 Å². The molecule has 1 saturated carbocycles. The van der Waals surface area contributed by atoms with Crippen molar-refractivity contribution in [2.45, 2.75) is 74.4 Å². The quantitative estimate of drug-likeness (QED) is 0.210. The van der Waals surface area contributed by atoms with Gasteiger partial charge in [-0.2, -0.15) is 0 Å². The van der Waals surface area contributed by atoms with Crippen molar-refractivity contribution in [3.63, 3.8) is 0 Å². The minimum Gasteiger partial charge on any atom is -0.494 e. The maximum absolute atomic E-state index is 14.2. The topological polar surface area (TPSA) is 96.0 Å². The van der Waals surface area contributed by atoms with Crippen molar-refractivity contribution < 1.29 is 22.7 Å². The fraction of sp³-hybridized carbons (Fsp3) is 0.394. The molecule has 0 aromatic heterocycles. The van der Waals surface area contributed by atoms with Gasteiger partial charge in [-0.25, -0.2) is 8.42 Å². The van der Waals surface area contributed by atoms with Crippen LogP contribution in [0.15, 0.2) is 82.6 Å². The third-order valence-electron chi connectivity index (χ3n) is 7.75. The second-order valence-electron chi connectivity index (χ2n) is 10.8. The molecule has 0 saturated heterocycles. The molecule has 44 heavy (non-hydrogen) atoms. The average molecular weight is 658 g/mol. The summed E-state index contributed by atoms with van der Waals surface area (Å²) in [5.74, 6) is -0.187. The van der Waals surface area contributed by atoms with Gasteiger partial charge in [0.1, 0.15) is 18.3 Å². The highest BCUT2D eigenvalue weighted by Gasteiger charge is 2.33. The molecular weight excluding hydrogens is 618 g/mol. The molecule has 0 bridgehead atoms. The Bertz CT molecular complexity index is 1490. The molecule has 1 N–H and O–H groups in total. The Labute approximate surface area is 270 Å². The number of thioether (sulfide) groups is 1. The highest BCUT2D eigenvalue weighted by molar-refractivity contribution is 7.98. The van der Waals surface area contributed by atoms with Crippen LogP contribution in [-0.2, 0) is 26.2 Å². The number of rotatable bonds is 13. The van der Waals surface area contributed by atoms with Crippen molar-refractivity contribution >= 4 is 50.9 Å². The molecular formula is C33H40ClN3O5S2. The van der Waals surface area contributed by atoms with E-state index in [9.17, 15) is 18.0 Å². The zero-order valence-corrected chi connectivity index (χ0v) is 27.8. The first kappa shape index (κ1) is 33.7.